The van der Waals surface area contributed by atoms with Gasteiger partial charge in [0.15, 0.2) is 0 Å². The molecule has 1 atom stereocenters. The molecule has 0 aromatic heterocycles. The van der Waals surface area contributed by atoms with Crippen molar-refractivity contribution in [3.8, 4) is 0 Å². The summed E-state index contributed by atoms with van der Waals surface area (Å²) < 4.78 is 5.27. The van der Waals surface area contributed by atoms with Gasteiger partial charge in [-0.2, -0.15) is 0 Å². The maximum absolute atomic E-state index is 5.98. The molecule has 106 valence electrons. The molecule has 4 heteroatoms. The van der Waals surface area contributed by atoms with Gasteiger partial charge >= 0.3 is 0 Å². The predicted molar refractivity (Wildman–Crippen MR) is 82.9 cm³/mol. The van der Waals surface area contributed by atoms with E-state index in [0.717, 1.165) is 25.4 Å². The topological polar surface area (TPSA) is 38.5 Å². The average Bonchev–Trinajstić information content (AvgIpc) is 2.88. The summed E-state index contributed by atoms with van der Waals surface area (Å²) in [6.45, 7) is 5.85. The number of rotatable bonds is 6. The van der Waals surface area contributed by atoms with Gasteiger partial charge in [-0.05, 0) is 24.3 Å². The Kier molecular flexibility index (Phi) is 5.55. The van der Waals surface area contributed by atoms with E-state index in [1.165, 1.54) is 22.6 Å². The minimum atomic E-state index is 0.615. The van der Waals surface area contributed by atoms with Crippen molar-refractivity contribution in [2.45, 2.75) is 24.8 Å². The summed E-state index contributed by atoms with van der Waals surface area (Å²) in [7, 11) is 1.78. The van der Waals surface area contributed by atoms with Crippen molar-refractivity contribution in [2.24, 2.45) is 11.7 Å². The van der Waals surface area contributed by atoms with Crippen LogP contribution in [0.4, 0.5) is 5.69 Å². The van der Waals surface area contributed by atoms with E-state index in [-0.39, 0.29) is 0 Å². The van der Waals surface area contributed by atoms with Crippen molar-refractivity contribution in [3.63, 3.8) is 0 Å². The molecule has 1 aliphatic rings. The van der Waals surface area contributed by atoms with Gasteiger partial charge in [0, 0.05) is 48.8 Å². The van der Waals surface area contributed by atoms with E-state index >= 15 is 0 Å². The molecule has 1 aromatic rings. The minimum Gasteiger partial charge on any atom is -0.384 e. The van der Waals surface area contributed by atoms with E-state index in [0.29, 0.717) is 12.5 Å². The molecule has 0 amide bonds. The highest BCUT2D eigenvalue weighted by molar-refractivity contribution is 7.99. The first-order chi connectivity index (χ1) is 9.30. The molecule has 3 nitrogen and oxygen atoms in total. The first-order valence-electron chi connectivity index (χ1n) is 6.98. The van der Waals surface area contributed by atoms with Crippen LogP contribution in [0.3, 0.4) is 0 Å². The Morgan fingerprint density at radius 1 is 1.47 bits per heavy atom. The number of anilines is 1. The Hall–Kier alpha value is -0.710. The monoisotopic (exact) mass is 280 g/mol. The number of benzene rings is 1. The van der Waals surface area contributed by atoms with Crippen molar-refractivity contribution >= 4 is 17.4 Å². The zero-order chi connectivity index (χ0) is 13.7. The lowest BCUT2D eigenvalue weighted by atomic mass is 10.1. The summed E-state index contributed by atoms with van der Waals surface area (Å²) in [6, 6.07) is 6.54. The molecule has 0 saturated carbocycles. The number of ether oxygens (including phenoxy) is 1. The highest BCUT2D eigenvalue weighted by Crippen LogP contribution is 2.33. The minimum absolute atomic E-state index is 0.615. The van der Waals surface area contributed by atoms with E-state index in [2.05, 4.69) is 30.0 Å². The smallest absolute Gasteiger partial charge is 0.0508 e. The van der Waals surface area contributed by atoms with Crippen LogP contribution >= 0.6 is 11.8 Å². The summed E-state index contributed by atoms with van der Waals surface area (Å²) in [5.74, 6) is 1.74. The van der Waals surface area contributed by atoms with Gasteiger partial charge in [0.2, 0.25) is 0 Å². The van der Waals surface area contributed by atoms with Crippen molar-refractivity contribution in [3.05, 3.63) is 23.8 Å². The quantitative estimate of drug-likeness (QED) is 0.813. The van der Waals surface area contributed by atoms with Gasteiger partial charge in [0.1, 0.15) is 0 Å². The Morgan fingerprint density at radius 3 is 3.00 bits per heavy atom. The summed E-state index contributed by atoms with van der Waals surface area (Å²) >= 11 is 1.88. The molecule has 1 aromatic carbocycles. The maximum atomic E-state index is 5.98. The van der Waals surface area contributed by atoms with E-state index < -0.39 is 0 Å². The second kappa shape index (κ2) is 7.17. The molecule has 0 aliphatic carbocycles. The third kappa shape index (κ3) is 3.44. The normalized spacial score (nSPS) is 19.1. The van der Waals surface area contributed by atoms with Crippen LogP contribution in [0.25, 0.3) is 0 Å². The number of methoxy groups -OCH3 is 1. The van der Waals surface area contributed by atoms with Gasteiger partial charge in [-0.3, -0.25) is 0 Å². The molecular formula is C15H24N2OS. The lowest BCUT2D eigenvalue weighted by molar-refractivity contribution is 0.161. The van der Waals surface area contributed by atoms with Crippen molar-refractivity contribution < 1.29 is 4.74 Å². The number of nitrogens with two attached hydrogens (primary N) is 1. The fourth-order valence-corrected chi connectivity index (χ4v) is 3.62. The molecule has 1 heterocycles. The third-order valence-electron chi connectivity index (χ3n) is 3.64. The molecule has 1 fully saturated rings. The van der Waals surface area contributed by atoms with Crippen LogP contribution in [0.15, 0.2) is 23.1 Å². The molecule has 1 unspecified atom stereocenters. The zero-order valence-electron chi connectivity index (χ0n) is 11.9. The van der Waals surface area contributed by atoms with Crippen molar-refractivity contribution in [2.75, 3.05) is 37.5 Å². The Balaban J connectivity index is 2.18. The van der Waals surface area contributed by atoms with Gasteiger partial charge in [0.25, 0.3) is 0 Å². The molecule has 1 aliphatic heterocycles. The van der Waals surface area contributed by atoms with E-state index in [1.807, 2.05) is 11.8 Å². The first-order valence-corrected chi connectivity index (χ1v) is 7.97. The number of nitrogens with zero attached hydrogens (tertiary/aromatic N) is 1. The van der Waals surface area contributed by atoms with Gasteiger partial charge in [0.05, 0.1) is 6.61 Å². The van der Waals surface area contributed by atoms with Crippen LogP contribution in [0.2, 0.25) is 0 Å². The van der Waals surface area contributed by atoms with Crippen LogP contribution < -0.4 is 10.6 Å². The molecule has 2 N–H and O–H groups in total. The number of hydrogen-bond donors (Lipinski definition) is 1. The van der Waals surface area contributed by atoms with E-state index in [9.17, 15) is 0 Å². The molecule has 2 rings (SSSR count). The molecular weight excluding hydrogens is 256 g/mol. The van der Waals surface area contributed by atoms with Gasteiger partial charge in [-0.25, -0.2) is 0 Å². The van der Waals surface area contributed by atoms with Crippen molar-refractivity contribution in [1.82, 2.24) is 0 Å². The summed E-state index contributed by atoms with van der Waals surface area (Å²) in [6.07, 6.45) is 1.21. The predicted octanol–water partition coefficient (Wildman–Crippen LogP) is 2.73. The second-order valence-corrected chi connectivity index (χ2v) is 6.25. The molecule has 1 saturated heterocycles. The average molecular weight is 280 g/mol. The molecule has 0 bridgehead atoms. The zero-order valence-corrected chi connectivity index (χ0v) is 12.7. The Morgan fingerprint density at radius 2 is 2.32 bits per heavy atom. The van der Waals surface area contributed by atoms with E-state index in [4.69, 9.17) is 10.5 Å². The fourth-order valence-electron chi connectivity index (χ4n) is 2.77. The van der Waals surface area contributed by atoms with Crippen LogP contribution in [0.1, 0.15) is 18.9 Å². The molecule has 0 radical (unpaired) electrons. The fraction of sp³-hybridized carbons (Fsp3) is 0.600. The van der Waals surface area contributed by atoms with Crippen LogP contribution in [-0.2, 0) is 11.3 Å². The molecule has 0 spiro atoms. The highest BCUT2D eigenvalue weighted by atomic mass is 32.2. The lowest BCUT2D eigenvalue weighted by Gasteiger charge is -2.23. The SMILES string of the molecule is CCSc1cccc(N2CCC(COC)C2)c1CN. The Labute approximate surface area is 120 Å². The first kappa shape index (κ1) is 14.7. The molecule has 19 heavy (non-hydrogen) atoms. The van der Waals surface area contributed by atoms with Gasteiger partial charge < -0.3 is 15.4 Å². The van der Waals surface area contributed by atoms with Crippen molar-refractivity contribution in [1.29, 1.82) is 0 Å². The van der Waals surface area contributed by atoms with Crippen LogP contribution in [0, 0.1) is 5.92 Å². The maximum Gasteiger partial charge on any atom is 0.0508 e. The van der Waals surface area contributed by atoms with Crippen LogP contribution in [-0.4, -0.2) is 32.6 Å². The summed E-state index contributed by atoms with van der Waals surface area (Å²) in [5.41, 5.74) is 8.60. The van der Waals surface area contributed by atoms with Crippen LogP contribution in [0.5, 0.6) is 0 Å². The lowest BCUT2D eigenvalue weighted by Crippen LogP contribution is -2.23. The number of thioether (sulfide) groups is 1. The van der Waals surface area contributed by atoms with Gasteiger partial charge in [-0.1, -0.05) is 13.0 Å². The largest absolute Gasteiger partial charge is 0.384 e. The Bertz CT molecular complexity index is 411. The summed E-state index contributed by atoms with van der Waals surface area (Å²) in [4.78, 5) is 3.80. The van der Waals surface area contributed by atoms with Gasteiger partial charge in [-0.15, -0.1) is 11.8 Å². The second-order valence-electron chi connectivity index (χ2n) is 4.95. The van der Waals surface area contributed by atoms with E-state index in [1.54, 1.807) is 7.11 Å². The number of hydrogen-bond acceptors (Lipinski definition) is 4. The standard InChI is InChI=1S/C15H24N2OS/c1-3-19-15-6-4-5-14(13(15)9-16)17-8-7-12(10-17)11-18-2/h4-6,12H,3,7-11,16H2,1-2H3. The third-order valence-corrected chi connectivity index (χ3v) is 4.62. The summed E-state index contributed by atoms with van der Waals surface area (Å²) in [5, 5.41) is 0. The highest BCUT2D eigenvalue weighted by Gasteiger charge is 2.24.